The maximum Gasteiger partial charge on any atom is 0.259 e. The average Bonchev–Trinajstić information content (AvgIpc) is 3.00. The highest BCUT2D eigenvalue weighted by Crippen LogP contribution is 2.40. The number of benzene rings is 2. The molecule has 0 saturated heterocycles. The van der Waals surface area contributed by atoms with E-state index >= 15 is 0 Å². The van der Waals surface area contributed by atoms with Crippen LogP contribution in [-0.2, 0) is 4.79 Å². The Kier molecular flexibility index (Phi) is 5.87. The predicted octanol–water partition coefficient (Wildman–Crippen LogP) is 3.57. The fourth-order valence-electron chi connectivity index (χ4n) is 3.40. The van der Waals surface area contributed by atoms with E-state index < -0.39 is 6.04 Å². The van der Waals surface area contributed by atoms with Crippen LogP contribution in [0, 0.1) is 5.92 Å². The molecule has 2 aromatic rings. The number of nitrogens with one attached hydrogen (secondary N) is 1. The molecule has 1 atom stereocenters. The van der Waals surface area contributed by atoms with Gasteiger partial charge in [0.15, 0.2) is 11.5 Å². The third kappa shape index (κ3) is 3.67. The molecule has 2 amide bonds. The van der Waals surface area contributed by atoms with E-state index in [4.69, 9.17) is 9.47 Å². The molecule has 0 radical (unpaired) electrons. The first-order chi connectivity index (χ1) is 13.5. The average molecular weight is 382 g/mol. The van der Waals surface area contributed by atoms with E-state index in [2.05, 4.69) is 19.2 Å². The normalized spacial score (nSPS) is 15.5. The topological polar surface area (TPSA) is 67.9 Å². The molecule has 0 unspecified atom stereocenters. The third-order valence-electron chi connectivity index (χ3n) is 4.88. The third-order valence-corrected chi connectivity index (χ3v) is 4.88. The molecule has 1 aliphatic heterocycles. The molecule has 1 N–H and O–H groups in total. The molecule has 0 saturated carbocycles. The van der Waals surface area contributed by atoms with Gasteiger partial charge in [0, 0.05) is 23.9 Å². The molecule has 1 heterocycles. The van der Waals surface area contributed by atoms with E-state index in [1.54, 1.807) is 31.4 Å². The Labute approximate surface area is 165 Å². The number of rotatable bonds is 7. The monoisotopic (exact) mass is 382 g/mol. The standard InChI is InChI=1S/C22H26N2O4/c1-14(2)11-12-23-21(25)20-16-7-5-6-8-17(16)22(26)24(20)15-9-10-18(27-3)19(13-15)28-4/h5-10,13-14,20H,11-12H2,1-4H3,(H,23,25)/t20-/m1/s1. The summed E-state index contributed by atoms with van der Waals surface area (Å²) in [6, 6.07) is 11.7. The number of carbonyl (C=O) groups is 2. The van der Waals surface area contributed by atoms with Crippen molar-refractivity contribution in [1.29, 1.82) is 0 Å². The molecule has 6 heteroatoms. The first-order valence-electron chi connectivity index (χ1n) is 9.40. The molecule has 148 valence electrons. The van der Waals surface area contributed by atoms with Crippen molar-refractivity contribution < 1.29 is 19.1 Å². The molecule has 2 aromatic carbocycles. The van der Waals surface area contributed by atoms with Gasteiger partial charge in [-0.2, -0.15) is 0 Å². The maximum atomic E-state index is 13.1. The van der Waals surface area contributed by atoms with Gasteiger partial charge in [-0.1, -0.05) is 32.0 Å². The van der Waals surface area contributed by atoms with Gasteiger partial charge < -0.3 is 14.8 Å². The smallest absolute Gasteiger partial charge is 0.259 e. The van der Waals surface area contributed by atoms with Crippen molar-refractivity contribution in [2.45, 2.75) is 26.3 Å². The first-order valence-corrected chi connectivity index (χ1v) is 9.40. The molecule has 0 bridgehead atoms. The number of hydrogen-bond donors (Lipinski definition) is 1. The zero-order valence-electron chi connectivity index (χ0n) is 16.7. The number of hydrogen-bond acceptors (Lipinski definition) is 4. The van der Waals surface area contributed by atoms with Crippen LogP contribution in [0.2, 0.25) is 0 Å². The summed E-state index contributed by atoms with van der Waals surface area (Å²) >= 11 is 0. The van der Waals surface area contributed by atoms with Crippen LogP contribution in [0.15, 0.2) is 42.5 Å². The first kappa shape index (κ1) is 19.7. The highest BCUT2D eigenvalue weighted by molar-refractivity contribution is 6.15. The van der Waals surface area contributed by atoms with Crippen molar-refractivity contribution in [2.75, 3.05) is 25.7 Å². The zero-order valence-corrected chi connectivity index (χ0v) is 16.7. The van der Waals surface area contributed by atoms with E-state index in [-0.39, 0.29) is 11.8 Å². The Morgan fingerprint density at radius 1 is 1.11 bits per heavy atom. The summed E-state index contributed by atoms with van der Waals surface area (Å²) in [5.41, 5.74) is 1.84. The number of methoxy groups -OCH3 is 2. The largest absolute Gasteiger partial charge is 0.493 e. The van der Waals surface area contributed by atoms with Gasteiger partial charge in [0.1, 0.15) is 6.04 Å². The number of carbonyl (C=O) groups excluding carboxylic acids is 2. The maximum absolute atomic E-state index is 13.1. The van der Waals surface area contributed by atoms with E-state index in [9.17, 15) is 9.59 Å². The molecule has 0 aliphatic carbocycles. The van der Waals surface area contributed by atoms with E-state index in [0.717, 1.165) is 6.42 Å². The second kappa shape index (κ2) is 8.33. The second-order valence-electron chi connectivity index (χ2n) is 7.18. The number of amides is 2. The predicted molar refractivity (Wildman–Crippen MR) is 108 cm³/mol. The number of ether oxygens (including phenoxy) is 2. The molecular formula is C22H26N2O4. The Balaban J connectivity index is 1.98. The van der Waals surface area contributed by atoms with Crippen molar-refractivity contribution in [1.82, 2.24) is 5.32 Å². The minimum absolute atomic E-state index is 0.186. The SMILES string of the molecule is COc1ccc(N2C(=O)c3ccccc3[C@@H]2C(=O)NCCC(C)C)cc1OC. The van der Waals surface area contributed by atoms with Gasteiger partial charge in [0.25, 0.3) is 5.91 Å². The lowest BCUT2D eigenvalue weighted by Crippen LogP contribution is -2.39. The van der Waals surface area contributed by atoms with Gasteiger partial charge in [0.2, 0.25) is 5.91 Å². The molecule has 0 fully saturated rings. The van der Waals surface area contributed by atoms with Gasteiger partial charge in [-0.3, -0.25) is 14.5 Å². The van der Waals surface area contributed by atoms with Crippen molar-refractivity contribution in [2.24, 2.45) is 5.92 Å². The van der Waals surface area contributed by atoms with Crippen molar-refractivity contribution >= 4 is 17.5 Å². The van der Waals surface area contributed by atoms with E-state index in [0.29, 0.717) is 40.8 Å². The molecule has 28 heavy (non-hydrogen) atoms. The second-order valence-corrected chi connectivity index (χ2v) is 7.18. The minimum atomic E-state index is -0.714. The van der Waals surface area contributed by atoms with Crippen LogP contribution in [0.25, 0.3) is 0 Å². The minimum Gasteiger partial charge on any atom is -0.493 e. The summed E-state index contributed by atoms with van der Waals surface area (Å²) in [6.45, 7) is 4.79. The lowest BCUT2D eigenvalue weighted by atomic mass is 10.0. The van der Waals surface area contributed by atoms with Gasteiger partial charge in [-0.15, -0.1) is 0 Å². The molecule has 0 spiro atoms. The lowest BCUT2D eigenvalue weighted by molar-refractivity contribution is -0.122. The Bertz CT molecular complexity index is 879. The molecule has 1 aliphatic rings. The molecule has 3 rings (SSSR count). The molecule has 0 aromatic heterocycles. The summed E-state index contributed by atoms with van der Waals surface area (Å²) in [5, 5.41) is 2.98. The summed E-state index contributed by atoms with van der Waals surface area (Å²) in [5.74, 6) is 1.16. The van der Waals surface area contributed by atoms with Crippen LogP contribution in [0.5, 0.6) is 11.5 Å². The van der Waals surface area contributed by atoms with E-state index in [1.807, 2.05) is 18.2 Å². The van der Waals surface area contributed by atoms with Crippen LogP contribution in [0.1, 0.15) is 42.2 Å². The van der Waals surface area contributed by atoms with Crippen LogP contribution < -0.4 is 19.7 Å². The summed E-state index contributed by atoms with van der Waals surface area (Å²) in [4.78, 5) is 27.7. The van der Waals surface area contributed by atoms with Gasteiger partial charge in [-0.05, 0) is 36.1 Å². The van der Waals surface area contributed by atoms with Crippen LogP contribution >= 0.6 is 0 Å². The van der Waals surface area contributed by atoms with Crippen molar-refractivity contribution in [3.63, 3.8) is 0 Å². The van der Waals surface area contributed by atoms with Crippen LogP contribution in [0.4, 0.5) is 5.69 Å². The summed E-state index contributed by atoms with van der Waals surface area (Å²) in [6.07, 6.45) is 0.879. The summed E-state index contributed by atoms with van der Waals surface area (Å²) in [7, 11) is 3.09. The summed E-state index contributed by atoms with van der Waals surface area (Å²) < 4.78 is 10.7. The number of fused-ring (bicyclic) bond motifs is 1. The highest BCUT2D eigenvalue weighted by Gasteiger charge is 2.42. The van der Waals surface area contributed by atoms with Crippen molar-refractivity contribution in [3.8, 4) is 11.5 Å². The van der Waals surface area contributed by atoms with Gasteiger partial charge >= 0.3 is 0 Å². The Hall–Kier alpha value is -3.02. The fourth-order valence-corrected chi connectivity index (χ4v) is 3.40. The molecule has 6 nitrogen and oxygen atoms in total. The Morgan fingerprint density at radius 2 is 1.82 bits per heavy atom. The van der Waals surface area contributed by atoms with Crippen LogP contribution in [0.3, 0.4) is 0 Å². The Morgan fingerprint density at radius 3 is 2.50 bits per heavy atom. The number of anilines is 1. The van der Waals surface area contributed by atoms with Crippen molar-refractivity contribution in [3.05, 3.63) is 53.6 Å². The zero-order chi connectivity index (χ0) is 20.3. The van der Waals surface area contributed by atoms with Crippen LogP contribution in [-0.4, -0.2) is 32.6 Å². The number of nitrogens with zero attached hydrogens (tertiary/aromatic N) is 1. The van der Waals surface area contributed by atoms with Gasteiger partial charge in [-0.25, -0.2) is 0 Å². The molecular weight excluding hydrogens is 356 g/mol. The lowest BCUT2D eigenvalue weighted by Gasteiger charge is -2.25. The fraction of sp³-hybridized carbons (Fsp3) is 0.364. The highest BCUT2D eigenvalue weighted by atomic mass is 16.5. The van der Waals surface area contributed by atoms with Gasteiger partial charge in [0.05, 0.1) is 14.2 Å². The van der Waals surface area contributed by atoms with E-state index in [1.165, 1.54) is 12.0 Å². The quantitative estimate of drug-likeness (QED) is 0.795.